The van der Waals surface area contributed by atoms with Crippen LogP contribution in [0.4, 0.5) is 8.78 Å². The molecule has 6 aliphatic heterocycles. The number of amides is 2. The third-order valence-corrected chi connectivity index (χ3v) is 18.7. The SMILES string of the molecule is C=CCOC(=O)C1=C(/C=C/COc2cc3c(cc2F)C2(OC(=O)c4ccccc42)c2cc(F)c(OC/C=C/C4=C(C(=O)OCC=C)N5C(=O)C(CC(=O)Cc6cccs6)C5SC4)cc2O3)CSC2C(CC(=O)Cc3cccs3)C(=O)N12. The molecular weight excluding hydrogens is 1120 g/mol. The molecule has 81 heavy (non-hydrogen) atoms. The molecule has 2 aromatic heterocycles. The van der Waals surface area contributed by atoms with Crippen LogP contribution in [0.15, 0.2) is 156 Å². The largest absolute Gasteiger partial charge is 0.486 e. The number of β-lactam (4-membered cyclic amide) rings is 2. The normalized spacial score (nSPS) is 21.3. The summed E-state index contributed by atoms with van der Waals surface area (Å²) in [5.41, 5.74) is -0.310. The van der Waals surface area contributed by atoms with Crippen molar-refractivity contribution in [1.82, 2.24) is 9.80 Å². The van der Waals surface area contributed by atoms with E-state index in [2.05, 4.69) is 13.2 Å². The zero-order chi connectivity index (χ0) is 56.5. The molecule has 8 heterocycles. The van der Waals surface area contributed by atoms with E-state index >= 15 is 8.78 Å². The van der Waals surface area contributed by atoms with Gasteiger partial charge in [0.05, 0.1) is 39.3 Å². The Morgan fingerprint density at radius 2 is 1.12 bits per heavy atom. The maximum Gasteiger partial charge on any atom is 0.355 e. The molecule has 0 N–H and O–H groups in total. The molecule has 2 amide bonds. The first-order valence-corrected chi connectivity index (χ1v) is 29.4. The van der Waals surface area contributed by atoms with Gasteiger partial charge >= 0.3 is 17.9 Å². The van der Waals surface area contributed by atoms with Crippen LogP contribution in [-0.4, -0.2) is 99.8 Å². The number of thioether (sulfide) groups is 2. The van der Waals surface area contributed by atoms with Crippen LogP contribution >= 0.6 is 46.2 Å². The minimum Gasteiger partial charge on any atom is -0.486 e. The highest BCUT2D eigenvalue weighted by molar-refractivity contribution is 8.00. The topological polar surface area (TPSA) is 181 Å². The van der Waals surface area contributed by atoms with Crippen molar-refractivity contribution in [3.8, 4) is 23.0 Å². The first kappa shape index (κ1) is 55.1. The van der Waals surface area contributed by atoms with Crippen LogP contribution in [0.25, 0.3) is 0 Å². The van der Waals surface area contributed by atoms with Crippen molar-refractivity contribution in [1.29, 1.82) is 0 Å². The number of Topliss-reactive ketones (excluding diaryl/α,β-unsaturated/α-hetero) is 2. The number of carbonyl (C=O) groups excluding carboxylic acids is 7. The van der Waals surface area contributed by atoms with Gasteiger partial charge in [-0.25, -0.2) is 23.2 Å². The number of halogens is 2. The Morgan fingerprint density at radius 3 is 1.58 bits per heavy atom. The summed E-state index contributed by atoms with van der Waals surface area (Å²) >= 11 is 5.74. The van der Waals surface area contributed by atoms with Crippen molar-refractivity contribution in [3.05, 3.63) is 199 Å². The molecule has 15 nitrogen and oxygen atoms in total. The number of allylic oxidation sites excluding steroid dienone is 2. The molecule has 0 bridgehead atoms. The highest BCUT2D eigenvalue weighted by Crippen LogP contribution is 2.58. The van der Waals surface area contributed by atoms with Crippen LogP contribution in [-0.2, 0) is 61.4 Å². The maximum atomic E-state index is 16.4. The molecule has 6 aliphatic rings. The molecule has 3 aromatic carbocycles. The molecule has 0 radical (unpaired) electrons. The average Bonchev–Trinajstić information content (AvgIpc) is 3.97. The van der Waals surface area contributed by atoms with Gasteiger partial charge in [-0.3, -0.25) is 29.0 Å². The Labute approximate surface area is 479 Å². The van der Waals surface area contributed by atoms with E-state index in [0.29, 0.717) is 28.2 Å². The zero-order valence-corrected chi connectivity index (χ0v) is 46.2. The van der Waals surface area contributed by atoms with E-state index in [1.807, 2.05) is 35.0 Å². The quantitative estimate of drug-likeness (QED) is 0.0276. The Hall–Kier alpha value is -7.85. The summed E-state index contributed by atoms with van der Waals surface area (Å²) in [6, 6.07) is 18.7. The van der Waals surface area contributed by atoms with Gasteiger partial charge in [0.2, 0.25) is 11.8 Å². The minimum absolute atomic E-state index is 0.0137. The first-order chi connectivity index (χ1) is 39.3. The van der Waals surface area contributed by atoms with Gasteiger partial charge < -0.3 is 28.4 Å². The number of esters is 3. The molecule has 1 spiro atoms. The fraction of sp³-hybridized carbons (Fsp3) is 0.250. The Morgan fingerprint density at radius 1 is 0.642 bits per heavy atom. The van der Waals surface area contributed by atoms with Gasteiger partial charge in [0.1, 0.15) is 60.9 Å². The van der Waals surface area contributed by atoms with Crippen molar-refractivity contribution in [2.24, 2.45) is 11.8 Å². The van der Waals surface area contributed by atoms with Crippen LogP contribution in [0.3, 0.4) is 0 Å². The molecular formula is C60H48F2N2O13S4. The van der Waals surface area contributed by atoms with Gasteiger partial charge in [0, 0.05) is 64.6 Å². The van der Waals surface area contributed by atoms with E-state index < -0.39 is 57.7 Å². The molecule has 2 fully saturated rings. The number of nitrogens with zero attached hydrogens (tertiary/aromatic N) is 2. The van der Waals surface area contributed by atoms with Crippen molar-refractivity contribution in [2.45, 2.75) is 42.0 Å². The summed E-state index contributed by atoms with van der Waals surface area (Å²) in [7, 11) is 0. The number of fused-ring (bicyclic) bond motifs is 8. The number of carbonyl (C=O) groups is 7. The fourth-order valence-electron chi connectivity index (χ4n) is 10.6. The van der Waals surface area contributed by atoms with Gasteiger partial charge in [0.15, 0.2) is 28.7 Å². The van der Waals surface area contributed by atoms with E-state index in [1.165, 1.54) is 80.3 Å². The molecule has 2 saturated heterocycles. The van der Waals surface area contributed by atoms with Crippen molar-refractivity contribution in [2.75, 3.05) is 37.9 Å². The predicted octanol–water partition coefficient (Wildman–Crippen LogP) is 9.96. The van der Waals surface area contributed by atoms with E-state index in [0.717, 1.165) is 21.9 Å². The van der Waals surface area contributed by atoms with Gasteiger partial charge in [-0.1, -0.05) is 67.8 Å². The lowest BCUT2D eigenvalue weighted by Crippen LogP contribution is -2.61. The second kappa shape index (κ2) is 23.3. The summed E-state index contributed by atoms with van der Waals surface area (Å²) in [6.07, 6.45) is 9.59. The van der Waals surface area contributed by atoms with E-state index in [9.17, 15) is 33.6 Å². The predicted molar refractivity (Wildman–Crippen MR) is 299 cm³/mol. The lowest BCUT2D eigenvalue weighted by Gasteiger charge is -2.49. The second-order valence-corrected chi connectivity index (χ2v) is 23.5. The van der Waals surface area contributed by atoms with Crippen LogP contribution in [0.2, 0.25) is 0 Å². The summed E-state index contributed by atoms with van der Waals surface area (Å²) in [5, 5.41) is 2.86. The molecule has 11 rings (SSSR count). The number of hydrogen-bond acceptors (Lipinski definition) is 17. The van der Waals surface area contributed by atoms with E-state index in [4.69, 9.17) is 28.4 Å². The lowest BCUT2D eigenvalue weighted by molar-refractivity contribution is -0.155. The highest BCUT2D eigenvalue weighted by Gasteiger charge is 2.57. The lowest BCUT2D eigenvalue weighted by atomic mass is 9.77. The van der Waals surface area contributed by atoms with Gasteiger partial charge in [0.25, 0.3) is 0 Å². The molecule has 5 aromatic rings. The third-order valence-electron chi connectivity index (χ3n) is 14.2. The summed E-state index contributed by atoms with van der Waals surface area (Å²) in [4.78, 5) is 98.1. The number of benzene rings is 3. The first-order valence-electron chi connectivity index (χ1n) is 25.6. The summed E-state index contributed by atoms with van der Waals surface area (Å²) < 4.78 is 68.0. The number of rotatable bonds is 22. The fourth-order valence-corrected chi connectivity index (χ4v) is 14.8. The van der Waals surface area contributed by atoms with Gasteiger partial charge in [-0.05, 0) is 64.4 Å². The number of hydrogen-bond donors (Lipinski definition) is 0. The van der Waals surface area contributed by atoms with Crippen LogP contribution < -0.4 is 14.2 Å². The van der Waals surface area contributed by atoms with Crippen LogP contribution in [0.5, 0.6) is 23.0 Å². The molecule has 4 atom stereocenters. The zero-order valence-electron chi connectivity index (χ0n) is 42.9. The Balaban J connectivity index is 0.817. The van der Waals surface area contributed by atoms with E-state index in [-0.39, 0.29) is 127 Å². The average molecular weight is 1170 g/mol. The van der Waals surface area contributed by atoms with Gasteiger partial charge in [-0.15, -0.1) is 46.2 Å². The second-order valence-electron chi connectivity index (χ2n) is 19.3. The minimum atomic E-state index is -1.87. The number of ether oxygens (including phenoxy) is 6. The van der Waals surface area contributed by atoms with Crippen LogP contribution in [0, 0.1) is 23.5 Å². The molecule has 0 saturated carbocycles. The van der Waals surface area contributed by atoms with E-state index in [1.54, 1.807) is 48.6 Å². The summed E-state index contributed by atoms with van der Waals surface area (Å²) in [5.74, 6) is -5.99. The highest BCUT2D eigenvalue weighted by atomic mass is 32.2. The van der Waals surface area contributed by atoms with Gasteiger partial charge in [-0.2, -0.15) is 0 Å². The molecule has 4 unspecified atom stereocenters. The monoisotopic (exact) mass is 1170 g/mol. The number of thiophene rings is 2. The Bertz CT molecular complexity index is 3370. The van der Waals surface area contributed by atoms with Crippen molar-refractivity contribution in [3.63, 3.8) is 0 Å². The maximum absolute atomic E-state index is 16.4. The molecule has 0 aliphatic carbocycles. The summed E-state index contributed by atoms with van der Waals surface area (Å²) in [6.45, 7) is 6.55. The van der Waals surface area contributed by atoms with Crippen molar-refractivity contribution >= 4 is 87.5 Å². The standard InChI is InChI=1S/C60H48F2N2O13S4/c1-3-17-74-58(70)51-33(31-80-55-40(53(67)63(51)55)25-35(65)23-37-13-9-21-78-37)11-7-19-72-49-29-47-43(27-45(49)61)60(42-16-6-5-15-39(42)57(69)77-60)44-28-46(62)50(30-48(44)76-47)73-20-8-12-34-32-81-56-41(26-36(66)24-38-14-10-22-79-38)54(68)64(56)52(34)59(71)75-18-4-2/h3-16,21-22,27-30,40-41,55-56H,1-2,17-20,23-26,31-32H2/b11-7+,12-8+. The molecule has 414 valence electrons. The van der Waals surface area contributed by atoms with Crippen LogP contribution in [0.1, 0.15) is 49.6 Å². The third kappa shape index (κ3) is 10.5. The number of ketones is 2. The van der Waals surface area contributed by atoms with Crippen molar-refractivity contribution < 1.29 is 70.8 Å². The Kier molecular flexibility index (Phi) is 15.9. The molecule has 21 heteroatoms. The smallest absolute Gasteiger partial charge is 0.355 e.